The molecule has 1 aliphatic rings. The zero-order valence-corrected chi connectivity index (χ0v) is 10.8. The van der Waals surface area contributed by atoms with Crippen molar-refractivity contribution in [3.8, 4) is 0 Å². The average Bonchev–Trinajstić information content (AvgIpc) is 2.56. The van der Waals surface area contributed by atoms with Crippen LogP contribution in [0.2, 0.25) is 0 Å². The van der Waals surface area contributed by atoms with Crippen molar-refractivity contribution in [3.05, 3.63) is 0 Å². The highest BCUT2D eigenvalue weighted by Crippen LogP contribution is 2.21. The van der Waals surface area contributed by atoms with Gasteiger partial charge in [0, 0.05) is 6.42 Å². The summed E-state index contributed by atoms with van der Waals surface area (Å²) in [6.45, 7) is 2.21. The van der Waals surface area contributed by atoms with Gasteiger partial charge in [-0.2, -0.15) is 0 Å². The Labute approximate surface area is 102 Å². The summed E-state index contributed by atoms with van der Waals surface area (Å²) in [4.78, 5) is 22.2. The maximum Gasteiger partial charge on any atom is 0.240 e. The maximum atomic E-state index is 11.2. The van der Waals surface area contributed by atoms with Gasteiger partial charge in [0.05, 0.1) is 5.25 Å². The van der Waals surface area contributed by atoms with E-state index in [9.17, 15) is 9.59 Å². The van der Waals surface area contributed by atoms with Gasteiger partial charge in [-0.15, -0.1) is 11.8 Å². The van der Waals surface area contributed by atoms with Gasteiger partial charge < -0.3 is 0 Å². The summed E-state index contributed by atoms with van der Waals surface area (Å²) in [7, 11) is 0. The van der Waals surface area contributed by atoms with E-state index in [2.05, 4.69) is 12.2 Å². The van der Waals surface area contributed by atoms with E-state index in [0.717, 1.165) is 12.2 Å². The summed E-state index contributed by atoms with van der Waals surface area (Å²) in [5.74, 6) is 0.781. The topological polar surface area (TPSA) is 46.2 Å². The number of carbonyl (C=O) groups excluding carboxylic acids is 2. The van der Waals surface area contributed by atoms with Gasteiger partial charge in [-0.1, -0.05) is 39.0 Å². The van der Waals surface area contributed by atoms with E-state index in [4.69, 9.17) is 0 Å². The number of hydrogen-bond acceptors (Lipinski definition) is 3. The molecule has 2 amide bonds. The molecule has 1 aliphatic heterocycles. The predicted molar refractivity (Wildman–Crippen MR) is 67.4 cm³/mol. The molecular weight excluding hydrogens is 222 g/mol. The minimum atomic E-state index is -0.122. The molecule has 0 aromatic carbocycles. The third kappa shape index (κ3) is 5.01. The SMILES string of the molecule is CCCCCCCCSC1CC(=O)NC1=O. The second kappa shape index (κ2) is 7.71. The molecule has 1 unspecified atom stereocenters. The molecule has 1 atom stereocenters. The fraction of sp³-hybridized carbons (Fsp3) is 0.833. The standard InChI is InChI=1S/C12H21NO2S/c1-2-3-4-5-6-7-8-16-10-9-11(14)13-12(10)15/h10H,2-9H2,1H3,(H,13,14,15). The molecular formula is C12H21NO2S. The molecule has 1 saturated heterocycles. The molecule has 92 valence electrons. The van der Waals surface area contributed by atoms with Crippen LogP contribution in [0, 0.1) is 0 Å². The number of amides is 2. The third-order valence-electron chi connectivity index (χ3n) is 2.74. The van der Waals surface area contributed by atoms with Gasteiger partial charge in [0.25, 0.3) is 0 Å². The monoisotopic (exact) mass is 243 g/mol. The molecule has 3 nitrogen and oxygen atoms in total. The Balaban J connectivity index is 1.95. The van der Waals surface area contributed by atoms with Crippen LogP contribution in [-0.4, -0.2) is 22.8 Å². The van der Waals surface area contributed by atoms with Crippen LogP contribution in [0.25, 0.3) is 0 Å². The molecule has 0 saturated carbocycles. The van der Waals surface area contributed by atoms with Gasteiger partial charge >= 0.3 is 0 Å². The van der Waals surface area contributed by atoms with Crippen molar-refractivity contribution in [3.63, 3.8) is 0 Å². The Bertz CT molecular complexity index is 243. The van der Waals surface area contributed by atoms with Gasteiger partial charge in [0.15, 0.2) is 0 Å². The lowest BCUT2D eigenvalue weighted by Crippen LogP contribution is -2.23. The smallest absolute Gasteiger partial charge is 0.240 e. The van der Waals surface area contributed by atoms with Crippen molar-refractivity contribution in [2.75, 3.05) is 5.75 Å². The van der Waals surface area contributed by atoms with Crippen LogP contribution in [-0.2, 0) is 9.59 Å². The average molecular weight is 243 g/mol. The normalized spacial score (nSPS) is 20.2. The fourth-order valence-electron chi connectivity index (χ4n) is 1.77. The molecule has 0 spiro atoms. The number of carbonyl (C=O) groups is 2. The van der Waals surface area contributed by atoms with E-state index in [1.807, 2.05) is 0 Å². The first-order valence-corrected chi connectivity index (χ1v) is 7.24. The lowest BCUT2D eigenvalue weighted by atomic mass is 10.1. The molecule has 1 fully saturated rings. The van der Waals surface area contributed by atoms with E-state index >= 15 is 0 Å². The van der Waals surface area contributed by atoms with Crippen molar-refractivity contribution in [2.24, 2.45) is 0 Å². The van der Waals surface area contributed by atoms with E-state index < -0.39 is 0 Å². The number of unbranched alkanes of at least 4 members (excludes halogenated alkanes) is 5. The van der Waals surface area contributed by atoms with Crippen LogP contribution in [0.5, 0.6) is 0 Å². The van der Waals surface area contributed by atoms with E-state index in [-0.39, 0.29) is 17.1 Å². The van der Waals surface area contributed by atoms with E-state index in [1.165, 1.54) is 32.1 Å². The molecule has 0 aromatic rings. The first-order chi connectivity index (χ1) is 7.74. The highest BCUT2D eigenvalue weighted by atomic mass is 32.2. The van der Waals surface area contributed by atoms with Crippen LogP contribution >= 0.6 is 11.8 Å². The van der Waals surface area contributed by atoms with Gasteiger partial charge in [-0.3, -0.25) is 14.9 Å². The first-order valence-electron chi connectivity index (χ1n) is 6.19. The predicted octanol–water partition coefficient (Wildman–Crippen LogP) is 2.50. The second-order valence-electron chi connectivity index (χ2n) is 4.24. The molecule has 0 bridgehead atoms. The number of nitrogens with one attached hydrogen (secondary N) is 1. The number of imide groups is 1. The lowest BCUT2D eigenvalue weighted by Gasteiger charge is -2.05. The summed E-state index contributed by atoms with van der Waals surface area (Å²) < 4.78 is 0. The van der Waals surface area contributed by atoms with Crippen molar-refractivity contribution < 1.29 is 9.59 Å². The van der Waals surface area contributed by atoms with Crippen molar-refractivity contribution in [1.29, 1.82) is 0 Å². The molecule has 4 heteroatoms. The van der Waals surface area contributed by atoms with Crippen LogP contribution < -0.4 is 5.32 Å². The van der Waals surface area contributed by atoms with Crippen LogP contribution in [0.1, 0.15) is 51.9 Å². The van der Waals surface area contributed by atoms with Gasteiger partial charge in [0.1, 0.15) is 0 Å². The largest absolute Gasteiger partial charge is 0.295 e. The molecule has 1 rings (SSSR count). The lowest BCUT2D eigenvalue weighted by molar-refractivity contribution is -0.124. The molecule has 0 aliphatic carbocycles. The van der Waals surface area contributed by atoms with Gasteiger partial charge in [0.2, 0.25) is 11.8 Å². The van der Waals surface area contributed by atoms with Crippen LogP contribution in [0.3, 0.4) is 0 Å². The summed E-state index contributed by atoms with van der Waals surface area (Å²) in [5.41, 5.74) is 0. The molecule has 0 aromatic heterocycles. The van der Waals surface area contributed by atoms with Crippen molar-refractivity contribution in [2.45, 2.75) is 57.1 Å². The molecule has 1 N–H and O–H groups in total. The van der Waals surface area contributed by atoms with Gasteiger partial charge in [-0.25, -0.2) is 0 Å². The third-order valence-corrected chi connectivity index (χ3v) is 4.05. The maximum absolute atomic E-state index is 11.2. The number of rotatable bonds is 8. The van der Waals surface area contributed by atoms with E-state index in [0.29, 0.717) is 6.42 Å². The Morgan fingerprint density at radius 3 is 2.50 bits per heavy atom. The minimum absolute atomic E-state index is 0.0963. The number of hydrogen-bond donors (Lipinski definition) is 1. The summed E-state index contributed by atoms with van der Waals surface area (Å²) in [6.07, 6.45) is 8.00. The van der Waals surface area contributed by atoms with E-state index in [1.54, 1.807) is 11.8 Å². The zero-order valence-electron chi connectivity index (χ0n) is 9.96. The summed E-state index contributed by atoms with van der Waals surface area (Å²) in [6, 6.07) is 0. The Hall–Kier alpha value is -0.510. The van der Waals surface area contributed by atoms with Crippen molar-refractivity contribution >= 4 is 23.6 Å². The number of thioether (sulfide) groups is 1. The van der Waals surface area contributed by atoms with Crippen LogP contribution in [0.15, 0.2) is 0 Å². The highest BCUT2D eigenvalue weighted by molar-refractivity contribution is 8.00. The quantitative estimate of drug-likeness (QED) is 0.526. The molecule has 1 heterocycles. The Morgan fingerprint density at radius 1 is 1.19 bits per heavy atom. The van der Waals surface area contributed by atoms with Crippen LogP contribution in [0.4, 0.5) is 0 Å². The van der Waals surface area contributed by atoms with Gasteiger partial charge in [-0.05, 0) is 12.2 Å². The Morgan fingerprint density at radius 2 is 1.88 bits per heavy atom. The zero-order chi connectivity index (χ0) is 11.8. The second-order valence-corrected chi connectivity index (χ2v) is 5.55. The summed E-state index contributed by atoms with van der Waals surface area (Å²) >= 11 is 1.63. The molecule has 0 radical (unpaired) electrons. The van der Waals surface area contributed by atoms with Crippen molar-refractivity contribution in [1.82, 2.24) is 5.32 Å². The molecule has 16 heavy (non-hydrogen) atoms. The highest BCUT2D eigenvalue weighted by Gasteiger charge is 2.30. The fourth-order valence-corrected chi connectivity index (χ4v) is 2.91. The minimum Gasteiger partial charge on any atom is -0.295 e. The summed E-state index contributed by atoms with van der Waals surface area (Å²) in [5, 5.41) is 2.21. The first kappa shape index (κ1) is 13.6. The Kier molecular flexibility index (Phi) is 6.53.